The summed E-state index contributed by atoms with van der Waals surface area (Å²) in [6.07, 6.45) is 1.61. The number of benzene rings is 1. The van der Waals surface area contributed by atoms with E-state index in [9.17, 15) is 23.0 Å². The van der Waals surface area contributed by atoms with Crippen molar-refractivity contribution in [3.05, 3.63) is 29.1 Å². The fourth-order valence-electron chi connectivity index (χ4n) is 1.50. The van der Waals surface area contributed by atoms with Crippen LogP contribution < -0.4 is 5.32 Å². The van der Waals surface area contributed by atoms with Gasteiger partial charge in [-0.15, -0.1) is 0 Å². The Morgan fingerprint density at radius 2 is 2.00 bits per heavy atom. The van der Waals surface area contributed by atoms with Crippen molar-refractivity contribution in [2.75, 3.05) is 18.6 Å². The number of anilines is 1. The van der Waals surface area contributed by atoms with Gasteiger partial charge in [0, 0.05) is 20.2 Å². The lowest BCUT2D eigenvalue weighted by Gasteiger charge is -2.16. The van der Waals surface area contributed by atoms with Crippen molar-refractivity contribution in [3.63, 3.8) is 0 Å². The SMILES string of the molecule is CC(=O)Nc1cc(F)cc(C(=O)N(C)S(C)=O)c1C=O. The Morgan fingerprint density at radius 1 is 1.40 bits per heavy atom. The molecular weight excluding hydrogens is 287 g/mol. The van der Waals surface area contributed by atoms with E-state index >= 15 is 0 Å². The monoisotopic (exact) mass is 300 g/mol. The molecule has 1 aromatic rings. The number of carbonyl (C=O) groups excluding carboxylic acids is 3. The average Bonchev–Trinajstić information content (AvgIpc) is 2.35. The zero-order valence-electron chi connectivity index (χ0n) is 11.1. The molecule has 0 spiro atoms. The maximum absolute atomic E-state index is 13.5. The molecule has 6 nitrogen and oxygen atoms in total. The molecule has 0 radical (unpaired) electrons. The molecule has 1 N–H and O–H groups in total. The second-order valence-corrected chi connectivity index (χ2v) is 5.34. The highest BCUT2D eigenvalue weighted by Gasteiger charge is 2.22. The van der Waals surface area contributed by atoms with Crippen LogP contribution in [0.4, 0.5) is 10.1 Å². The molecule has 2 amide bonds. The summed E-state index contributed by atoms with van der Waals surface area (Å²) in [5.41, 5.74) is -0.531. The van der Waals surface area contributed by atoms with Gasteiger partial charge in [-0.25, -0.2) is 8.60 Å². The van der Waals surface area contributed by atoms with Gasteiger partial charge < -0.3 is 5.32 Å². The van der Waals surface area contributed by atoms with Crippen LogP contribution in [0.25, 0.3) is 0 Å². The molecule has 1 rings (SSSR count). The second kappa shape index (κ2) is 6.38. The number of nitrogens with one attached hydrogen (secondary N) is 1. The van der Waals surface area contributed by atoms with E-state index in [4.69, 9.17) is 0 Å². The van der Waals surface area contributed by atoms with Gasteiger partial charge in [0.1, 0.15) is 16.8 Å². The number of halogens is 1. The molecule has 0 bridgehead atoms. The topological polar surface area (TPSA) is 83.6 Å². The lowest BCUT2D eigenvalue weighted by molar-refractivity contribution is -0.114. The van der Waals surface area contributed by atoms with Crippen LogP contribution in [-0.4, -0.2) is 39.9 Å². The van der Waals surface area contributed by atoms with Crippen LogP contribution >= 0.6 is 0 Å². The van der Waals surface area contributed by atoms with Crippen LogP contribution in [0.3, 0.4) is 0 Å². The highest BCUT2D eigenvalue weighted by atomic mass is 32.2. The molecule has 0 heterocycles. The van der Waals surface area contributed by atoms with Crippen molar-refractivity contribution in [2.45, 2.75) is 6.92 Å². The van der Waals surface area contributed by atoms with E-state index in [-0.39, 0.29) is 16.8 Å². The lowest BCUT2D eigenvalue weighted by atomic mass is 10.1. The summed E-state index contributed by atoms with van der Waals surface area (Å²) in [6, 6.07) is 1.80. The van der Waals surface area contributed by atoms with E-state index in [2.05, 4.69) is 5.32 Å². The third-order valence-electron chi connectivity index (χ3n) is 2.48. The average molecular weight is 300 g/mol. The van der Waals surface area contributed by atoms with E-state index in [0.717, 1.165) is 16.4 Å². The molecule has 108 valence electrons. The van der Waals surface area contributed by atoms with Gasteiger partial charge in [0.2, 0.25) is 5.91 Å². The Hall–Kier alpha value is -2.09. The minimum atomic E-state index is -1.62. The number of hydrogen-bond acceptors (Lipinski definition) is 4. The fourth-order valence-corrected chi connectivity index (χ4v) is 1.83. The molecule has 0 saturated carbocycles. The fraction of sp³-hybridized carbons (Fsp3) is 0.250. The summed E-state index contributed by atoms with van der Waals surface area (Å²) in [7, 11) is -0.357. The Bertz CT molecular complexity index is 603. The van der Waals surface area contributed by atoms with Crippen molar-refractivity contribution in [2.24, 2.45) is 0 Å². The van der Waals surface area contributed by atoms with Gasteiger partial charge in [-0.3, -0.25) is 18.7 Å². The maximum atomic E-state index is 13.5. The van der Waals surface area contributed by atoms with Crippen molar-refractivity contribution in [1.82, 2.24) is 4.31 Å². The van der Waals surface area contributed by atoms with E-state index in [1.54, 1.807) is 0 Å². The summed E-state index contributed by atoms with van der Waals surface area (Å²) in [5, 5.41) is 2.27. The predicted molar refractivity (Wildman–Crippen MR) is 72.3 cm³/mol. The standard InChI is InChI=1S/C12H13FN2O4S/c1-7(17)14-11-5-8(13)4-9(10(11)6-16)12(18)15(2)20(3)19/h4-6H,1-3H3,(H,14,17). The number of nitrogens with zero attached hydrogens (tertiary/aromatic N) is 1. The molecule has 0 aromatic heterocycles. The van der Waals surface area contributed by atoms with Crippen molar-refractivity contribution < 1.29 is 23.0 Å². The van der Waals surface area contributed by atoms with Crippen LogP contribution in [0.1, 0.15) is 27.6 Å². The van der Waals surface area contributed by atoms with Gasteiger partial charge in [0.05, 0.1) is 16.8 Å². The van der Waals surface area contributed by atoms with Gasteiger partial charge >= 0.3 is 0 Å². The third-order valence-corrected chi connectivity index (χ3v) is 3.41. The highest BCUT2D eigenvalue weighted by Crippen LogP contribution is 2.22. The van der Waals surface area contributed by atoms with Crippen LogP contribution in [0.15, 0.2) is 12.1 Å². The van der Waals surface area contributed by atoms with Gasteiger partial charge in [0.15, 0.2) is 6.29 Å². The minimum absolute atomic E-state index is 0.105. The molecule has 0 fully saturated rings. The normalized spacial score (nSPS) is 11.6. The van der Waals surface area contributed by atoms with Crippen molar-refractivity contribution in [3.8, 4) is 0 Å². The van der Waals surface area contributed by atoms with Crippen LogP contribution in [0, 0.1) is 5.82 Å². The van der Waals surface area contributed by atoms with E-state index in [1.165, 1.54) is 20.2 Å². The smallest absolute Gasteiger partial charge is 0.266 e. The van der Waals surface area contributed by atoms with Gasteiger partial charge in [0.25, 0.3) is 5.91 Å². The number of aldehydes is 1. The first-order chi connectivity index (χ1) is 9.27. The lowest BCUT2D eigenvalue weighted by Crippen LogP contribution is -2.29. The summed E-state index contributed by atoms with van der Waals surface area (Å²) in [6.45, 7) is 1.19. The van der Waals surface area contributed by atoms with Crippen molar-refractivity contribution in [1.29, 1.82) is 0 Å². The first-order valence-corrected chi connectivity index (χ1v) is 6.97. The van der Waals surface area contributed by atoms with Gasteiger partial charge in [-0.2, -0.15) is 0 Å². The highest BCUT2D eigenvalue weighted by molar-refractivity contribution is 7.82. The van der Waals surface area contributed by atoms with Crippen LogP contribution in [0.2, 0.25) is 0 Å². The van der Waals surface area contributed by atoms with Gasteiger partial charge in [-0.05, 0) is 12.1 Å². The van der Waals surface area contributed by atoms with Crippen LogP contribution in [0.5, 0.6) is 0 Å². The third kappa shape index (κ3) is 3.47. The Labute approximate surface area is 117 Å². The van der Waals surface area contributed by atoms with Gasteiger partial charge in [-0.1, -0.05) is 0 Å². The molecule has 1 atom stereocenters. The molecule has 20 heavy (non-hydrogen) atoms. The molecule has 0 aliphatic heterocycles. The molecule has 8 heteroatoms. The zero-order valence-corrected chi connectivity index (χ0v) is 11.9. The molecule has 1 unspecified atom stereocenters. The number of hydrogen-bond donors (Lipinski definition) is 1. The number of amides is 2. The Balaban J connectivity index is 3.42. The first kappa shape index (κ1) is 16.0. The molecule has 0 aliphatic carbocycles. The molecular formula is C12H13FN2O4S. The number of rotatable bonds is 4. The van der Waals surface area contributed by atoms with E-state index in [1.807, 2.05) is 0 Å². The van der Waals surface area contributed by atoms with Crippen LogP contribution in [-0.2, 0) is 15.8 Å². The summed E-state index contributed by atoms with van der Waals surface area (Å²) in [5.74, 6) is -2.08. The summed E-state index contributed by atoms with van der Waals surface area (Å²) >= 11 is 0. The Morgan fingerprint density at radius 3 is 2.45 bits per heavy atom. The zero-order chi connectivity index (χ0) is 15.4. The predicted octanol–water partition coefficient (Wildman–Crippen LogP) is 0.962. The van der Waals surface area contributed by atoms with E-state index in [0.29, 0.717) is 6.29 Å². The second-order valence-electron chi connectivity index (χ2n) is 3.94. The summed E-state index contributed by atoms with van der Waals surface area (Å²) in [4.78, 5) is 34.2. The Kier molecular flexibility index (Phi) is 5.09. The molecule has 0 saturated heterocycles. The van der Waals surface area contributed by atoms with E-state index < -0.39 is 28.6 Å². The molecule has 0 aliphatic rings. The summed E-state index contributed by atoms with van der Waals surface area (Å²) < 4.78 is 25.6. The molecule has 1 aromatic carbocycles. The number of carbonyl (C=O) groups is 3. The minimum Gasteiger partial charge on any atom is -0.326 e. The quantitative estimate of drug-likeness (QED) is 0.840. The largest absolute Gasteiger partial charge is 0.326 e. The first-order valence-electron chi connectivity index (χ1n) is 5.45. The maximum Gasteiger partial charge on any atom is 0.266 e. The van der Waals surface area contributed by atoms with Crippen molar-refractivity contribution >= 4 is 34.8 Å².